The van der Waals surface area contributed by atoms with E-state index in [1.807, 2.05) is 0 Å². The van der Waals surface area contributed by atoms with Crippen molar-refractivity contribution in [2.24, 2.45) is 0 Å². The molecule has 0 amide bonds. The highest BCUT2D eigenvalue weighted by molar-refractivity contribution is 6.96. The van der Waals surface area contributed by atoms with Crippen molar-refractivity contribution in [3.63, 3.8) is 0 Å². The lowest BCUT2D eigenvalue weighted by Crippen LogP contribution is -2.60. The van der Waals surface area contributed by atoms with Crippen LogP contribution in [-0.2, 0) is 12.8 Å². The van der Waals surface area contributed by atoms with E-state index in [-0.39, 0.29) is 0 Å². The third-order valence-electron chi connectivity index (χ3n) is 20.4. The molecule has 0 saturated heterocycles. The molecule has 8 aromatic rings. The van der Waals surface area contributed by atoms with Crippen LogP contribution in [0, 0.1) is 175 Å². The molecule has 0 aliphatic heterocycles. The average molecular weight is 1750 g/mol. The van der Waals surface area contributed by atoms with Crippen molar-refractivity contribution in [1.29, 1.82) is 0 Å². The number of imidazole rings is 1. The van der Waals surface area contributed by atoms with E-state index in [4.69, 9.17) is 8.77 Å². The second-order valence-corrected chi connectivity index (χ2v) is 31.9. The summed E-state index contributed by atoms with van der Waals surface area (Å²) in [6.45, 7) is 1.22. The van der Waals surface area contributed by atoms with Gasteiger partial charge < -0.3 is 8.77 Å². The summed E-state index contributed by atoms with van der Waals surface area (Å²) in [7, 11) is 0. The summed E-state index contributed by atoms with van der Waals surface area (Å²) in [6, 6.07) is 8.73. The molecule has 652 valence electrons. The number of benzene rings is 7. The van der Waals surface area contributed by atoms with Crippen LogP contribution in [0.4, 0.5) is 132 Å². The molecule has 0 unspecified atom stereocenters. The first-order valence-corrected chi connectivity index (χ1v) is 41.6. The van der Waals surface area contributed by atoms with Crippen LogP contribution in [0.5, 0.6) is 5.75 Å². The highest BCUT2D eigenvalue weighted by atomic mass is 27.2. The maximum absolute atomic E-state index is 14.4. The fourth-order valence-corrected chi connectivity index (χ4v) is 15.2. The van der Waals surface area contributed by atoms with Crippen LogP contribution in [0.25, 0.3) is 11.4 Å². The van der Waals surface area contributed by atoms with Gasteiger partial charge in [0.05, 0.1) is 11.4 Å². The van der Waals surface area contributed by atoms with Crippen LogP contribution in [0.2, 0.25) is 10.6 Å². The SMILES string of the molecule is CCCCCCCCCCCCCCCCCc1nc(-c2ccc([O][Al]([CH2]C)[CH2]C)cc2)[nH]c1CCCCCCCCCCCCCCCCC.Fc1c(F)c(F)c(B(c2c(F)c(F)c(F)c(F)c2F)c2c(F)c(F)c(F)c(F)c2F)c(F)c1F.Fc1c(F)c(F)c(B(c2c(F)c(F)c(F)c(F)c2F)c2c(F)c(F)c(F)c(F)c2F)c(F)c1F. The number of hydrogen-bond donors (Lipinski definition) is 1. The molecule has 7 aromatic carbocycles. The number of hydrogen-bond acceptors (Lipinski definition) is 2. The van der Waals surface area contributed by atoms with Crippen molar-refractivity contribution < 1.29 is 136 Å². The van der Waals surface area contributed by atoms with Crippen LogP contribution in [0.1, 0.15) is 232 Å². The minimum atomic E-state index is -3.96. The third-order valence-corrected chi connectivity index (χ3v) is 22.9. The van der Waals surface area contributed by atoms with Gasteiger partial charge in [-0.1, -0.05) is 218 Å². The Labute approximate surface area is 674 Å². The summed E-state index contributed by atoms with van der Waals surface area (Å²) >= 11 is -1.11. The minimum Gasteiger partial charge on any atom is -0.643 e. The Bertz CT molecular complexity index is 3930. The number of aromatic amines is 1. The van der Waals surface area contributed by atoms with E-state index < -0.39 is 235 Å². The van der Waals surface area contributed by atoms with Crippen molar-refractivity contribution in [2.75, 3.05) is 0 Å². The van der Waals surface area contributed by atoms with Gasteiger partial charge in [0.1, 0.15) is 5.82 Å². The van der Waals surface area contributed by atoms with E-state index in [0.717, 1.165) is 24.4 Å². The lowest BCUT2D eigenvalue weighted by atomic mass is 9.36. The van der Waals surface area contributed by atoms with Crippen molar-refractivity contribution in [3.8, 4) is 17.1 Å². The third kappa shape index (κ3) is 24.7. The van der Waals surface area contributed by atoms with Gasteiger partial charge in [-0.25, -0.2) is 137 Å². The summed E-state index contributed by atoms with van der Waals surface area (Å²) in [6.07, 6.45) is 44.7. The highest BCUT2D eigenvalue weighted by Crippen LogP contribution is 2.31. The van der Waals surface area contributed by atoms with Crippen molar-refractivity contribution in [2.45, 2.75) is 244 Å². The summed E-state index contributed by atoms with van der Waals surface area (Å²) in [5, 5.41) is 2.36. The molecule has 0 aliphatic carbocycles. The predicted molar refractivity (Wildman–Crippen MR) is 395 cm³/mol. The summed E-state index contributed by atoms with van der Waals surface area (Å²) < 4.78 is 423. The topological polar surface area (TPSA) is 37.9 Å². The zero-order valence-electron chi connectivity index (χ0n) is 65.3. The van der Waals surface area contributed by atoms with Crippen LogP contribution in [-0.4, -0.2) is 37.9 Å². The molecular weight excluding hydrogens is 1660 g/mol. The molecule has 0 fully saturated rings. The van der Waals surface area contributed by atoms with Gasteiger partial charge in [-0.3, -0.25) is 0 Å². The average Bonchev–Trinajstić information content (AvgIpc) is 1.15. The van der Waals surface area contributed by atoms with Crippen LogP contribution >= 0.6 is 0 Å². The summed E-state index contributed by atoms with van der Waals surface area (Å²) in [5.74, 6) is -88.4. The number of nitrogens with zero attached hydrogens (tertiary/aromatic N) is 1. The maximum atomic E-state index is 14.4. The van der Waals surface area contributed by atoms with Crippen molar-refractivity contribution in [1.82, 2.24) is 9.97 Å². The van der Waals surface area contributed by atoms with Crippen LogP contribution < -0.4 is 36.6 Å². The molecule has 36 heteroatoms. The Kier molecular flexibility index (Phi) is 40.4. The van der Waals surface area contributed by atoms with Gasteiger partial charge in [-0.15, -0.1) is 0 Å². The Balaban J connectivity index is 0.000000286. The first-order chi connectivity index (χ1) is 56.5. The first kappa shape index (κ1) is 99.9. The number of rotatable bonds is 43. The lowest BCUT2D eigenvalue weighted by molar-refractivity contribution is 0.380. The van der Waals surface area contributed by atoms with Gasteiger partial charge in [-0.2, -0.15) is 0 Å². The van der Waals surface area contributed by atoms with Gasteiger partial charge in [0.2, 0.25) is 0 Å². The standard InChI is InChI=1S/C43H76N2O.2C18BF15.2C2H5.Al/c1-3-5-7-9-11-13-15-17-19-21-23-25-27-29-31-33-41-42(45-43(44-41)39-35-37-40(46)38-36-39)34-32-30-28-26-24-22-20-18-16-14-12-10-8-6-4-2;2*20-4-1(5(21)11(27)16(32)10(4)26)19(2-6(22)12(28)17(33)13(29)7(2)23)3-8(24)14(30)18(34)15(31)9(3)25;2*1-2;/h35-38,46H,3-34H2,1-2H3,(H,44,45);;;2*1H2,2H3;/q;;;;;+1/p-1. The fourth-order valence-electron chi connectivity index (χ4n) is 13.8. The number of halogens is 30. The highest BCUT2D eigenvalue weighted by Gasteiger charge is 2.48. The smallest absolute Gasteiger partial charge is 0.546 e. The Morgan fingerprint density at radius 3 is 0.630 bits per heavy atom. The molecule has 0 aliphatic rings. The molecule has 1 N–H and O–H groups in total. The van der Waals surface area contributed by atoms with Gasteiger partial charge in [0, 0.05) is 44.0 Å². The lowest BCUT2D eigenvalue weighted by Gasteiger charge is -2.21. The molecule has 0 spiro atoms. The molecule has 1 aromatic heterocycles. The summed E-state index contributed by atoms with van der Waals surface area (Å²) in [5.41, 5.74) is -12.2. The minimum absolute atomic E-state index is 1.03. The van der Waals surface area contributed by atoms with Gasteiger partial charge in [0.25, 0.3) is 13.4 Å². The first-order valence-electron chi connectivity index (χ1n) is 39.5. The molecule has 0 bridgehead atoms. The van der Waals surface area contributed by atoms with Gasteiger partial charge in [0.15, 0.2) is 175 Å². The van der Waals surface area contributed by atoms with E-state index in [9.17, 15) is 132 Å². The molecule has 0 atom stereocenters. The van der Waals surface area contributed by atoms with Gasteiger partial charge >= 0.3 is 14.5 Å². The normalized spacial score (nSPS) is 11.4. The second kappa shape index (κ2) is 48.1. The molecule has 0 radical (unpaired) electrons. The van der Waals surface area contributed by atoms with E-state index in [1.54, 1.807) is 0 Å². The molecule has 119 heavy (non-hydrogen) atoms. The molecule has 1 heterocycles. The van der Waals surface area contributed by atoms with Gasteiger partial charge in [-0.05, 0) is 49.9 Å². The van der Waals surface area contributed by atoms with E-state index in [2.05, 4.69) is 56.9 Å². The molecule has 8 rings (SSSR count). The molecular formula is C83H85AlB2F30N2O. The van der Waals surface area contributed by atoms with E-state index in [0.29, 0.717) is 0 Å². The Morgan fingerprint density at radius 1 is 0.244 bits per heavy atom. The van der Waals surface area contributed by atoms with Crippen LogP contribution in [0.15, 0.2) is 24.3 Å². The number of unbranched alkanes of at least 4 members (excludes halogenated alkanes) is 28. The quantitative estimate of drug-likeness (QED) is 0.0136. The predicted octanol–water partition coefficient (Wildman–Crippen LogP) is 24.9. The number of nitrogens with one attached hydrogen (secondary N) is 1. The van der Waals surface area contributed by atoms with Crippen LogP contribution in [0.3, 0.4) is 0 Å². The number of aryl methyl sites for hydroxylation is 2. The Morgan fingerprint density at radius 2 is 0.429 bits per heavy atom. The zero-order chi connectivity index (χ0) is 88.4. The molecule has 3 nitrogen and oxygen atoms in total. The number of aromatic nitrogens is 2. The monoisotopic (exact) mass is 1740 g/mol. The Hall–Kier alpha value is -7.89. The largest absolute Gasteiger partial charge is 0.643 e. The summed E-state index contributed by atoms with van der Waals surface area (Å²) in [4.78, 5) is 9.00. The molecule has 0 saturated carbocycles. The second-order valence-electron chi connectivity index (χ2n) is 28.8. The van der Waals surface area contributed by atoms with Crippen molar-refractivity contribution >= 4 is 60.7 Å². The van der Waals surface area contributed by atoms with E-state index in [1.165, 1.54) is 220 Å². The zero-order valence-corrected chi connectivity index (χ0v) is 66.4. The fraction of sp³-hybridized carbons (Fsp3) is 0.458. The maximum Gasteiger partial charge on any atom is 0.546 e. The van der Waals surface area contributed by atoms with Crippen molar-refractivity contribution in [3.05, 3.63) is 210 Å². The van der Waals surface area contributed by atoms with E-state index >= 15 is 0 Å². The number of H-pyrrole nitrogens is 1.